The first-order valence-corrected chi connectivity index (χ1v) is 4.67. The molecule has 5 heteroatoms. The van der Waals surface area contributed by atoms with Gasteiger partial charge in [-0.15, -0.1) is 5.10 Å². The maximum atomic E-state index is 5.68. The molecule has 2 aromatic rings. The molecule has 0 spiro atoms. The van der Waals surface area contributed by atoms with Gasteiger partial charge >= 0.3 is 0 Å². The number of furan rings is 1. The first-order valence-electron chi connectivity index (χ1n) is 4.67. The van der Waals surface area contributed by atoms with Crippen LogP contribution < -0.4 is 5.73 Å². The van der Waals surface area contributed by atoms with Crippen molar-refractivity contribution in [2.45, 2.75) is 0 Å². The molecule has 16 heavy (non-hydrogen) atoms. The number of amidine groups is 1. The molecule has 2 N–H and O–H groups in total. The van der Waals surface area contributed by atoms with Crippen molar-refractivity contribution in [2.24, 2.45) is 15.9 Å². The van der Waals surface area contributed by atoms with E-state index < -0.39 is 0 Å². The smallest absolute Gasteiger partial charge is 0.171 e. The molecule has 5 nitrogen and oxygen atoms in total. The minimum atomic E-state index is 0.267. The Bertz CT molecular complexity index is 488. The summed E-state index contributed by atoms with van der Waals surface area (Å²) in [4.78, 5) is 4.04. The zero-order chi connectivity index (χ0) is 11.2. The van der Waals surface area contributed by atoms with Crippen LogP contribution in [-0.4, -0.2) is 17.0 Å². The van der Waals surface area contributed by atoms with Crippen molar-refractivity contribution in [3.63, 3.8) is 0 Å². The highest BCUT2D eigenvalue weighted by Crippen LogP contribution is 1.96. The van der Waals surface area contributed by atoms with E-state index in [1.807, 2.05) is 12.1 Å². The molecule has 0 saturated carbocycles. The summed E-state index contributed by atoms with van der Waals surface area (Å²) in [5.74, 6) is 0.890. The van der Waals surface area contributed by atoms with Gasteiger partial charge in [-0.3, -0.25) is 4.98 Å². The summed E-state index contributed by atoms with van der Waals surface area (Å²) in [5, 5.41) is 7.60. The third kappa shape index (κ3) is 2.54. The van der Waals surface area contributed by atoms with Crippen LogP contribution in [0.2, 0.25) is 0 Å². The van der Waals surface area contributed by atoms with Crippen LogP contribution in [0.1, 0.15) is 11.5 Å². The minimum absolute atomic E-state index is 0.267. The Morgan fingerprint density at radius 3 is 2.94 bits per heavy atom. The lowest BCUT2D eigenvalue weighted by atomic mass is 10.3. The van der Waals surface area contributed by atoms with Crippen LogP contribution in [0.3, 0.4) is 0 Å². The first kappa shape index (κ1) is 10.1. The second kappa shape index (κ2) is 4.88. The second-order valence-corrected chi connectivity index (χ2v) is 2.96. The summed E-state index contributed by atoms with van der Waals surface area (Å²) < 4.78 is 5.05. The van der Waals surface area contributed by atoms with E-state index in [1.54, 1.807) is 30.7 Å². The lowest BCUT2D eigenvalue weighted by Crippen LogP contribution is -2.14. The van der Waals surface area contributed by atoms with E-state index in [0.717, 1.165) is 0 Å². The maximum Gasteiger partial charge on any atom is 0.171 e. The third-order valence-corrected chi connectivity index (χ3v) is 1.82. The number of pyridine rings is 1. The maximum absolute atomic E-state index is 5.68. The first-order chi connectivity index (χ1) is 7.86. The molecule has 0 atom stereocenters. The van der Waals surface area contributed by atoms with Crippen LogP contribution in [0.5, 0.6) is 0 Å². The summed E-state index contributed by atoms with van der Waals surface area (Å²) in [7, 11) is 0. The van der Waals surface area contributed by atoms with Crippen LogP contribution in [0.25, 0.3) is 0 Å². The Balaban J connectivity index is 2.08. The van der Waals surface area contributed by atoms with E-state index in [1.165, 1.54) is 6.21 Å². The SMILES string of the molecule is NC(=NN=Cc1ccco1)c1ccccn1. The molecule has 0 aliphatic carbocycles. The van der Waals surface area contributed by atoms with Crippen molar-refractivity contribution in [3.05, 3.63) is 54.2 Å². The lowest BCUT2D eigenvalue weighted by Gasteiger charge is -1.94. The molecule has 0 unspecified atom stereocenters. The number of nitrogens with zero attached hydrogens (tertiary/aromatic N) is 3. The van der Waals surface area contributed by atoms with Gasteiger partial charge in [0.25, 0.3) is 0 Å². The van der Waals surface area contributed by atoms with Crippen molar-refractivity contribution < 1.29 is 4.42 Å². The van der Waals surface area contributed by atoms with E-state index in [9.17, 15) is 0 Å². The van der Waals surface area contributed by atoms with Crippen molar-refractivity contribution in [1.82, 2.24) is 4.98 Å². The van der Waals surface area contributed by atoms with E-state index in [0.29, 0.717) is 11.5 Å². The standard InChI is InChI=1S/C11H10N4O/c12-11(10-5-1-2-6-13-10)15-14-8-9-4-3-7-16-9/h1-8H,(H2,12,15). The highest BCUT2D eigenvalue weighted by Gasteiger charge is 1.96. The van der Waals surface area contributed by atoms with E-state index >= 15 is 0 Å². The normalized spacial score (nSPS) is 12.1. The summed E-state index contributed by atoms with van der Waals surface area (Å²) in [5.41, 5.74) is 6.27. The monoisotopic (exact) mass is 214 g/mol. The lowest BCUT2D eigenvalue weighted by molar-refractivity contribution is 0.560. The van der Waals surface area contributed by atoms with Crippen LogP contribution >= 0.6 is 0 Å². The average molecular weight is 214 g/mol. The fraction of sp³-hybridized carbons (Fsp3) is 0. The van der Waals surface area contributed by atoms with Gasteiger partial charge in [0.1, 0.15) is 11.5 Å². The van der Waals surface area contributed by atoms with Crippen molar-refractivity contribution in [3.8, 4) is 0 Å². The van der Waals surface area contributed by atoms with Gasteiger partial charge in [-0.2, -0.15) is 5.10 Å². The van der Waals surface area contributed by atoms with Crippen LogP contribution in [-0.2, 0) is 0 Å². The predicted molar refractivity (Wildman–Crippen MR) is 61.3 cm³/mol. The predicted octanol–water partition coefficient (Wildman–Crippen LogP) is 1.41. The Kier molecular flexibility index (Phi) is 3.08. The van der Waals surface area contributed by atoms with Gasteiger partial charge in [-0.1, -0.05) is 6.07 Å². The highest BCUT2D eigenvalue weighted by atomic mass is 16.3. The molecule has 80 valence electrons. The van der Waals surface area contributed by atoms with Gasteiger partial charge < -0.3 is 10.2 Å². The topological polar surface area (TPSA) is 76.8 Å². The minimum Gasteiger partial charge on any atom is -0.463 e. The molecule has 2 heterocycles. The molecule has 0 bridgehead atoms. The van der Waals surface area contributed by atoms with E-state index in [2.05, 4.69) is 15.2 Å². The quantitative estimate of drug-likeness (QED) is 0.476. The fourth-order valence-corrected chi connectivity index (χ4v) is 1.08. The number of rotatable bonds is 3. The molecule has 0 fully saturated rings. The summed E-state index contributed by atoms with van der Waals surface area (Å²) >= 11 is 0. The molecule has 2 rings (SSSR count). The summed E-state index contributed by atoms with van der Waals surface area (Å²) in [6.45, 7) is 0. The summed E-state index contributed by atoms with van der Waals surface area (Å²) in [6.07, 6.45) is 4.69. The molecule has 0 saturated heterocycles. The number of aromatic nitrogens is 1. The molecule has 0 amide bonds. The van der Waals surface area contributed by atoms with Crippen LogP contribution in [0.4, 0.5) is 0 Å². The Morgan fingerprint density at radius 2 is 2.25 bits per heavy atom. The van der Waals surface area contributed by atoms with Gasteiger partial charge in [-0.25, -0.2) is 0 Å². The zero-order valence-electron chi connectivity index (χ0n) is 8.45. The highest BCUT2D eigenvalue weighted by molar-refractivity contribution is 5.95. The van der Waals surface area contributed by atoms with Gasteiger partial charge in [0.2, 0.25) is 0 Å². The van der Waals surface area contributed by atoms with Crippen molar-refractivity contribution >= 4 is 12.1 Å². The average Bonchev–Trinajstić information content (AvgIpc) is 2.83. The number of hydrogen-bond donors (Lipinski definition) is 1. The van der Waals surface area contributed by atoms with Gasteiger partial charge in [0, 0.05) is 6.20 Å². The van der Waals surface area contributed by atoms with Gasteiger partial charge in [-0.05, 0) is 24.3 Å². The number of hydrogen-bond acceptors (Lipinski definition) is 4. The van der Waals surface area contributed by atoms with Crippen LogP contribution in [0.15, 0.2) is 57.4 Å². The molecule has 0 aliphatic rings. The fourth-order valence-electron chi connectivity index (χ4n) is 1.08. The molecular weight excluding hydrogens is 204 g/mol. The zero-order valence-corrected chi connectivity index (χ0v) is 8.45. The van der Waals surface area contributed by atoms with E-state index in [-0.39, 0.29) is 5.84 Å². The Labute approximate surface area is 92.3 Å². The van der Waals surface area contributed by atoms with E-state index in [4.69, 9.17) is 10.2 Å². The van der Waals surface area contributed by atoms with Crippen molar-refractivity contribution in [1.29, 1.82) is 0 Å². The molecule has 0 radical (unpaired) electrons. The molecular formula is C11H10N4O. The molecule has 2 aromatic heterocycles. The molecule has 0 aliphatic heterocycles. The van der Waals surface area contributed by atoms with Gasteiger partial charge in [0.05, 0.1) is 12.5 Å². The molecule has 0 aromatic carbocycles. The summed E-state index contributed by atoms with van der Waals surface area (Å²) in [6, 6.07) is 8.95. The van der Waals surface area contributed by atoms with Gasteiger partial charge in [0.15, 0.2) is 5.84 Å². The Morgan fingerprint density at radius 1 is 1.31 bits per heavy atom. The number of nitrogens with two attached hydrogens (primary N) is 1. The van der Waals surface area contributed by atoms with Crippen LogP contribution in [0, 0.1) is 0 Å². The largest absolute Gasteiger partial charge is 0.463 e. The third-order valence-electron chi connectivity index (χ3n) is 1.82. The second-order valence-electron chi connectivity index (χ2n) is 2.96. The Hall–Kier alpha value is -2.43. The van der Waals surface area contributed by atoms with Crippen molar-refractivity contribution in [2.75, 3.05) is 0 Å².